The van der Waals surface area contributed by atoms with Crippen LogP contribution in [0.2, 0.25) is 0 Å². The molecular formula is C30H40FN3O5. The van der Waals surface area contributed by atoms with Gasteiger partial charge in [-0.1, -0.05) is 19.1 Å². The van der Waals surface area contributed by atoms with Gasteiger partial charge in [0.2, 0.25) is 0 Å². The van der Waals surface area contributed by atoms with Gasteiger partial charge in [0.1, 0.15) is 18.2 Å². The average Bonchev–Trinajstić information content (AvgIpc) is 2.94. The molecule has 2 aromatic rings. The van der Waals surface area contributed by atoms with Crippen molar-refractivity contribution in [3.63, 3.8) is 0 Å². The lowest BCUT2D eigenvalue weighted by Crippen LogP contribution is -2.48. The van der Waals surface area contributed by atoms with Crippen molar-refractivity contribution in [2.45, 2.75) is 38.8 Å². The molecule has 212 valence electrons. The highest BCUT2D eigenvalue weighted by Gasteiger charge is 2.30. The molecule has 0 radical (unpaired) electrons. The van der Waals surface area contributed by atoms with Crippen LogP contribution in [0.15, 0.2) is 42.5 Å². The van der Waals surface area contributed by atoms with Gasteiger partial charge in [-0.3, -0.25) is 14.5 Å². The topological polar surface area (TPSA) is 80.3 Å². The summed E-state index contributed by atoms with van der Waals surface area (Å²) in [5, 5.41) is 2.71. The monoisotopic (exact) mass is 541 g/mol. The molecule has 1 N–H and O–H groups in total. The molecule has 0 spiro atoms. The zero-order valence-electron chi connectivity index (χ0n) is 23.3. The standard InChI is InChI=1S/C30H40FN3O5/c1-20-16-34(17-22-11-13-38-14-12-22)21(2)19-39-27-10-9-23(32-29(35)24-7-5-6-8-26(24)31)15-25(27)30(36)33(3)18-28(20)37-4/h5-10,15,20-22,28H,11-14,16-19H2,1-4H3,(H,32,35)/t20-,21+,28-/m1/s1. The Labute approximate surface area is 230 Å². The Kier molecular flexibility index (Phi) is 9.94. The summed E-state index contributed by atoms with van der Waals surface area (Å²) in [6, 6.07) is 10.8. The highest BCUT2D eigenvalue weighted by atomic mass is 19.1. The lowest BCUT2D eigenvalue weighted by molar-refractivity contribution is 0.0000222. The van der Waals surface area contributed by atoms with Gasteiger partial charge in [0.15, 0.2) is 0 Å². The Morgan fingerprint density at radius 2 is 1.87 bits per heavy atom. The number of likely N-dealkylation sites (N-methyl/N-ethyl adjacent to an activating group) is 1. The Bertz CT molecular complexity index is 1140. The fourth-order valence-electron chi connectivity index (χ4n) is 5.29. The minimum atomic E-state index is -0.612. The van der Waals surface area contributed by atoms with Gasteiger partial charge in [0.05, 0.1) is 17.2 Å². The molecule has 3 atom stereocenters. The van der Waals surface area contributed by atoms with Crippen LogP contribution in [0.3, 0.4) is 0 Å². The lowest BCUT2D eigenvalue weighted by Gasteiger charge is -2.38. The van der Waals surface area contributed by atoms with Gasteiger partial charge in [-0.15, -0.1) is 0 Å². The third-order valence-electron chi connectivity index (χ3n) is 7.78. The maximum Gasteiger partial charge on any atom is 0.258 e. The number of benzene rings is 2. The zero-order chi connectivity index (χ0) is 27.9. The molecule has 2 aromatic carbocycles. The highest BCUT2D eigenvalue weighted by Crippen LogP contribution is 2.27. The summed E-state index contributed by atoms with van der Waals surface area (Å²) in [7, 11) is 3.43. The minimum Gasteiger partial charge on any atom is -0.491 e. The van der Waals surface area contributed by atoms with E-state index in [2.05, 4.69) is 24.1 Å². The molecule has 4 rings (SSSR count). The van der Waals surface area contributed by atoms with Crippen molar-refractivity contribution in [1.29, 1.82) is 0 Å². The van der Waals surface area contributed by atoms with Gasteiger partial charge in [0, 0.05) is 58.7 Å². The molecule has 0 unspecified atom stereocenters. The van der Waals surface area contributed by atoms with E-state index in [0.29, 0.717) is 36.1 Å². The predicted molar refractivity (Wildman–Crippen MR) is 148 cm³/mol. The second kappa shape index (κ2) is 13.4. The number of carbonyl (C=O) groups is 2. The Balaban J connectivity index is 1.60. The van der Waals surface area contributed by atoms with E-state index in [0.717, 1.165) is 39.1 Å². The number of ether oxygens (including phenoxy) is 3. The quantitative estimate of drug-likeness (QED) is 0.608. The van der Waals surface area contributed by atoms with Crippen LogP contribution < -0.4 is 10.1 Å². The molecule has 1 fully saturated rings. The molecule has 9 heteroatoms. The van der Waals surface area contributed by atoms with E-state index >= 15 is 0 Å². The van der Waals surface area contributed by atoms with Gasteiger partial charge < -0.3 is 24.4 Å². The molecule has 2 aliphatic heterocycles. The zero-order valence-corrected chi connectivity index (χ0v) is 23.3. The smallest absolute Gasteiger partial charge is 0.258 e. The van der Waals surface area contributed by atoms with E-state index < -0.39 is 11.7 Å². The summed E-state index contributed by atoms with van der Waals surface area (Å²) in [6.07, 6.45) is 1.94. The molecule has 0 bridgehead atoms. The molecule has 8 nitrogen and oxygen atoms in total. The van der Waals surface area contributed by atoms with Crippen LogP contribution in [-0.2, 0) is 9.47 Å². The first-order valence-corrected chi connectivity index (χ1v) is 13.7. The maximum absolute atomic E-state index is 14.1. The summed E-state index contributed by atoms with van der Waals surface area (Å²) in [6.45, 7) is 8.50. The fraction of sp³-hybridized carbons (Fsp3) is 0.533. The fourth-order valence-corrected chi connectivity index (χ4v) is 5.29. The molecule has 0 saturated carbocycles. The number of nitrogens with one attached hydrogen (secondary N) is 1. The minimum absolute atomic E-state index is 0.0691. The summed E-state index contributed by atoms with van der Waals surface area (Å²) in [4.78, 5) is 30.4. The van der Waals surface area contributed by atoms with Crippen LogP contribution in [0, 0.1) is 17.7 Å². The third kappa shape index (κ3) is 7.35. The first-order valence-electron chi connectivity index (χ1n) is 13.7. The number of hydrogen-bond donors (Lipinski definition) is 1. The van der Waals surface area contributed by atoms with Crippen molar-refractivity contribution >= 4 is 17.5 Å². The number of carbonyl (C=O) groups excluding carboxylic acids is 2. The highest BCUT2D eigenvalue weighted by molar-refractivity contribution is 6.05. The number of amides is 2. The van der Waals surface area contributed by atoms with Crippen molar-refractivity contribution in [3.8, 4) is 5.75 Å². The van der Waals surface area contributed by atoms with Gasteiger partial charge in [-0.25, -0.2) is 4.39 Å². The lowest BCUT2D eigenvalue weighted by atomic mass is 9.96. The Hall–Kier alpha value is -3.01. The predicted octanol–water partition coefficient (Wildman–Crippen LogP) is 4.31. The normalized spacial score (nSPS) is 23.8. The van der Waals surface area contributed by atoms with Crippen LogP contribution in [0.4, 0.5) is 10.1 Å². The third-order valence-corrected chi connectivity index (χ3v) is 7.78. The molecular weight excluding hydrogens is 501 g/mol. The van der Waals surface area contributed by atoms with Crippen LogP contribution >= 0.6 is 0 Å². The summed E-state index contributed by atoms with van der Waals surface area (Å²) < 4.78 is 31.8. The van der Waals surface area contributed by atoms with E-state index in [1.165, 1.54) is 18.2 Å². The van der Waals surface area contributed by atoms with Crippen molar-refractivity contribution in [3.05, 3.63) is 59.4 Å². The Morgan fingerprint density at radius 3 is 2.59 bits per heavy atom. The number of halogens is 1. The van der Waals surface area contributed by atoms with E-state index in [9.17, 15) is 14.0 Å². The summed E-state index contributed by atoms with van der Waals surface area (Å²) >= 11 is 0. The molecule has 0 aromatic heterocycles. The van der Waals surface area contributed by atoms with Gasteiger partial charge in [0.25, 0.3) is 11.8 Å². The van der Waals surface area contributed by atoms with Crippen LogP contribution in [0.1, 0.15) is 47.4 Å². The molecule has 2 heterocycles. The summed E-state index contributed by atoms with van der Waals surface area (Å²) in [5.74, 6) is -0.255. The van der Waals surface area contributed by atoms with Crippen LogP contribution in [0.25, 0.3) is 0 Å². The number of fused-ring (bicyclic) bond motifs is 1. The summed E-state index contributed by atoms with van der Waals surface area (Å²) in [5.41, 5.74) is 0.640. The van der Waals surface area contributed by atoms with Crippen molar-refractivity contribution in [2.75, 3.05) is 58.9 Å². The van der Waals surface area contributed by atoms with Crippen LogP contribution in [-0.4, -0.2) is 87.4 Å². The van der Waals surface area contributed by atoms with E-state index in [1.807, 2.05) is 0 Å². The number of nitrogens with zero attached hydrogens (tertiary/aromatic N) is 2. The number of methoxy groups -OCH3 is 1. The molecule has 2 amide bonds. The molecule has 39 heavy (non-hydrogen) atoms. The number of hydrogen-bond acceptors (Lipinski definition) is 6. The molecule has 0 aliphatic carbocycles. The molecule has 1 saturated heterocycles. The van der Waals surface area contributed by atoms with Gasteiger partial charge >= 0.3 is 0 Å². The Morgan fingerprint density at radius 1 is 1.13 bits per heavy atom. The number of rotatable bonds is 5. The van der Waals surface area contributed by atoms with Gasteiger partial charge in [-0.05, 0) is 61.9 Å². The second-order valence-electron chi connectivity index (χ2n) is 10.8. The van der Waals surface area contributed by atoms with Crippen molar-refractivity contribution in [1.82, 2.24) is 9.80 Å². The first kappa shape index (κ1) is 29.0. The number of anilines is 1. The van der Waals surface area contributed by atoms with Gasteiger partial charge in [-0.2, -0.15) is 0 Å². The van der Waals surface area contributed by atoms with Crippen molar-refractivity contribution in [2.24, 2.45) is 11.8 Å². The van der Waals surface area contributed by atoms with E-state index in [1.54, 1.807) is 43.3 Å². The van der Waals surface area contributed by atoms with E-state index in [4.69, 9.17) is 14.2 Å². The van der Waals surface area contributed by atoms with Crippen molar-refractivity contribution < 1.29 is 28.2 Å². The first-order chi connectivity index (χ1) is 18.8. The maximum atomic E-state index is 14.1. The average molecular weight is 542 g/mol. The largest absolute Gasteiger partial charge is 0.491 e. The second-order valence-corrected chi connectivity index (χ2v) is 10.8. The van der Waals surface area contributed by atoms with E-state index in [-0.39, 0.29) is 29.5 Å². The van der Waals surface area contributed by atoms with Crippen LogP contribution in [0.5, 0.6) is 5.75 Å². The SMILES string of the molecule is CO[C@@H]1CN(C)C(=O)c2cc(NC(=O)c3ccccc3F)ccc2OC[C@H](C)N(CC2CCOCC2)C[C@H]1C. The molecule has 2 aliphatic rings.